The van der Waals surface area contributed by atoms with Crippen molar-refractivity contribution in [2.75, 3.05) is 20.1 Å². The van der Waals surface area contributed by atoms with Gasteiger partial charge in [-0.1, -0.05) is 19.9 Å². The summed E-state index contributed by atoms with van der Waals surface area (Å²) in [5.74, 6) is 0. The van der Waals surface area contributed by atoms with Gasteiger partial charge in [0.1, 0.15) is 0 Å². The molecule has 0 radical (unpaired) electrons. The summed E-state index contributed by atoms with van der Waals surface area (Å²) in [6, 6.07) is 4.35. The van der Waals surface area contributed by atoms with Gasteiger partial charge in [0.2, 0.25) is 0 Å². The van der Waals surface area contributed by atoms with E-state index in [1.54, 1.807) is 0 Å². The molecule has 106 valence electrons. The van der Waals surface area contributed by atoms with Crippen molar-refractivity contribution in [3.8, 4) is 0 Å². The third kappa shape index (κ3) is 4.59. The van der Waals surface area contributed by atoms with E-state index in [0.29, 0.717) is 5.41 Å². The Hall–Kier alpha value is -0.930. The molecular formula is C16H27N3. The fraction of sp³-hybridized carbons (Fsp3) is 0.688. The Morgan fingerprint density at radius 1 is 1.26 bits per heavy atom. The van der Waals surface area contributed by atoms with Gasteiger partial charge in [-0.2, -0.15) is 0 Å². The van der Waals surface area contributed by atoms with Gasteiger partial charge in [0.15, 0.2) is 0 Å². The van der Waals surface area contributed by atoms with Gasteiger partial charge in [0, 0.05) is 19.3 Å². The molecule has 0 amide bonds. The quantitative estimate of drug-likeness (QED) is 0.903. The van der Waals surface area contributed by atoms with Crippen LogP contribution in [0.2, 0.25) is 0 Å². The van der Waals surface area contributed by atoms with Crippen molar-refractivity contribution < 1.29 is 0 Å². The summed E-state index contributed by atoms with van der Waals surface area (Å²) in [6.07, 6.45) is 5.95. The second-order valence-electron chi connectivity index (χ2n) is 6.48. The maximum atomic E-state index is 4.58. The van der Waals surface area contributed by atoms with Gasteiger partial charge in [0.25, 0.3) is 0 Å². The van der Waals surface area contributed by atoms with Gasteiger partial charge in [-0.25, -0.2) is 0 Å². The van der Waals surface area contributed by atoms with Crippen LogP contribution in [-0.2, 0) is 13.1 Å². The fourth-order valence-corrected chi connectivity index (χ4v) is 2.72. The van der Waals surface area contributed by atoms with E-state index in [2.05, 4.69) is 41.2 Å². The number of hydrogen-bond acceptors (Lipinski definition) is 3. The molecule has 1 N–H and O–H groups in total. The SMILES string of the molecule is CNCc1ccc(CN2CCCC(C)(C)CC2)nc1. The molecule has 1 saturated heterocycles. The number of nitrogens with one attached hydrogen (secondary N) is 1. The normalized spacial score (nSPS) is 20.2. The highest BCUT2D eigenvalue weighted by Crippen LogP contribution is 2.30. The molecule has 2 rings (SSSR count). The first kappa shape index (κ1) is 14.5. The Balaban J connectivity index is 1.90. The molecule has 0 unspecified atom stereocenters. The molecule has 2 heterocycles. The van der Waals surface area contributed by atoms with E-state index in [0.717, 1.165) is 13.1 Å². The van der Waals surface area contributed by atoms with Crippen LogP contribution in [0.5, 0.6) is 0 Å². The molecule has 1 aromatic rings. The predicted octanol–water partition coefficient (Wildman–Crippen LogP) is 2.81. The topological polar surface area (TPSA) is 28.2 Å². The van der Waals surface area contributed by atoms with Crippen molar-refractivity contribution in [2.24, 2.45) is 5.41 Å². The van der Waals surface area contributed by atoms with Crippen LogP contribution >= 0.6 is 0 Å². The minimum absolute atomic E-state index is 0.513. The molecule has 3 nitrogen and oxygen atoms in total. The summed E-state index contributed by atoms with van der Waals surface area (Å²) in [4.78, 5) is 7.13. The Labute approximate surface area is 117 Å². The number of likely N-dealkylation sites (tertiary alicyclic amines) is 1. The van der Waals surface area contributed by atoms with Gasteiger partial charge in [-0.15, -0.1) is 0 Å². The van der Waals surface area contributed by atoms with Crippen molar-refractivity contribution in [1.29, 1.82) is 0 Å². The van der Waals surface area contributed by atoms with E-state index in [9.17, 15) is 0 Å². The van der Waals surface area contributed by atoms with E-state index in [1.807, 2.05) is 13.2 Å². The molecule has 0 spiro atoms. The van der Waals surface area contributed by atoms with Gasteiger partial charge in [0.05, 0.1) is 5.69 Å². The summed E-state index contributed by atoms with van der Waals surface area (Å²) in [5.41, 5.74) is 2.96. The lowest BCUT2D eigenvalue weighted by Gasteiger charge is -2.23. The smallest absolute Gasteiger partial charge is 0.0544 e. The Bertz CT molecular complexity index is 383. The van der Waals surface area contributed by atoms with Gasteiger partial charge >= 0.3 is 0 Å². The van der Waals surface area contributed by atoms with Crippen molar-refractivity contribution in [3.05, 3.63) is 29.6 Å². The lowest BCUT2D eigenvalue weighted by atomic mass is 9.85. The highest BCUT2D eigenvalue weighted by atomic mass is 15.1. The third-order valence-corrected chi connectivity index (χ3v) is 4.09. The Kier molecular flexibility index (Phi) is 4.94. The Morgan fingerprint density at radius 3 is 2.79 bits per heavy atom. The first-order valence-electron chi connectivity index (χ1n) is 7.40. The molecule has 0 aromatic carbocycles. The monoisotopic (exact) mass is 261 g/mol. The molecule has 1 aliphatic rings. The molecule has 1 aliphatic heterocycles. The minimum atomic E-state index is 0.513. The molecule has 0 aliphatic carbocycles. The van der Waals surface area contributed by atoms with Gasteiger partial charge in [-0.3, -0.25) is 9.88 Å². The van der Waals surface area contributed by atoms with Crippen molar-refractivity contribution in [3.63, 3.8) is 0 Å². The van der Waals surface area contributed by atoms with Crippen LogP contribution in [0.4, 0.5) is 0 Å². The minimum Gasteiger partial charge on any atom is -0.316 e. The third-order valence-electron chi connectivity index (χ3n) is 4.09. The van der Waals surface area contributed by atoms with E-state index in [-0.39, 0.29) is 0 Å². The summed E-state index contributed by atoms with van der Waals surface area (Å²) in [5, 5.41) is 3.15. The van der Waals surface area contributed by atoms with E-state index in [4.69, 9.17) is 0 Å². The number of aromatic nitrogens is 1. The number of hydrogen-bond donors (Lipinski definition) is 1. The number of nitrogens with zero attached hydrogens (tertiary/aromatic N) is 2. The van der Waals surface area contributed by atoms with Crippen molar-refractivity contribution in [1.82, 2.24) is 15.2 Å². The van der Waals surface area contributed by atoms with Crippen LogP contribution in [0.15, 0.2) is 18.3 Å². The Morgan fingerprint density at radius 2 is 2.11 bits per heavy atom. The zero-order valence-electron chi connectivity index (χ0n) is 12.6. The molecule has 1 fully saturated rings. The fourth-order valence-electron chi connectivity index (χ4n) is 2.72. The van der Waals surface area contributed by atoms with Crippen LogP contribution in [0.25, 0.3) is 0 Å². The molecule has 3 heteroatoms. The van der Waals surface area contributed by atoms with Gasteiger partial charge < -0.3 is 5.32 Å². The number of rotatable bonds is 4. The van der Waals surface area contributed by atoms with Crippen molar-refractivity contribution >= 4 is 0 Å². The van der Waals surface area contributed by atoms with E-state index < -0.39 is 0 Å². The van der Waals surface area contributed by atoms with Gasteiger partial charge in [-0.05, 0) is 56.4 Å². The van der Waals surface area contributed by atoms with Crippen LogP contribution in [-0.4, -0.2) is 30.0 Å². The maximum absolute atomic E-state index is 4.58. The molecular weight excluding hydrogens is 234 g/mol. The molecule has 0 atom stereocenters. The highest BCUT2D eigenvalue weighted by Gasteiger charge is 2.22. The zero-order chi connectivity index (χ0) is 13.7. The predicted molar refractivity (Wildman–Crippen MR) is 79.9 cm³/mol. The summed E-state index contributed by atoms with van der Waals surface area (Å²) in [6.45, 7) is 9.08. The van der Waals surface area contributed by atoms with E-state index >= 15 is 0 Å². The van der Waals surface area contributed by atoms with Crippen LogP contribution in [0, 0.1) is 5.41 Å². The standard InChI is InChI=1S/C16H27N3/c1-16(2)7-4-9-19(10-8-16)13-15-6-5-14(11-17-3)12-18-15/h5-6,12,17H,4,7-11,13H2,1-3H3. The number of pyridine rings is 1. The zero-order valence-corrected chi connectivity index (χ0v) is 12.6. The summed E-state index contributed by atoms with van der Waals surface area (Å²) in [7, 11) is 1.97. The van der Waals surface area contributed by atoms with Crippen LogP contribution in [0.1, 0.15) is 44.4 Å². The summed E-state index contributed by atoms with van der Waals surface area (Å²) < 4.78 is 0. The average molecular weight is 261 g/mol. The molecule has 1 aromatic heterocycles. The second-order valence-corrected chi connectivity index (χ2v) is 6.48. The molecule has 0 saturated carbocycles. The van der Waals surface area contributed by atoms with Crippen LogP contribution in [0.3, 0.4) is 0 Å². The second kappa shape index (κ2) is 6.49. The maximum Gasteiger partial charge on any atom is 0.0544 e. The molecule has 19 heavy (non-hydrogen) atoms. The molecule has 0 bridgehead atoms. The average Bonchev–Trinajstić information content (AvgIpc) is 2.54. The van der Waals surface area contributed by atoms with Crippen LogP contribution < -0.4 is 5.32 Å². The highest BCUT2D eigenvalue weighted by molar-refractivity contribution is 5.13. The van der Waals surface area contributed by atoms with Crippen molar-refractivity contribution in [2.45, 2.75) is 46.2 Å². The van der Waals surface area contributed by atoms with E-state index in [1.165, 1.54) is 43.6 Å². The largest absolute Gasteiger partial charge is 0.316 e. The first-order valence-corrected chi connectivity index (χ1v) is 7.40. The lowest BCUT2D eigenvalue weighted by Crippen LogP contribution is -2.25. The lowest BCUT2D eigenvalue weighted by molar-refractivity contribution is 0.253. The first-order chi connectivity index (χ1) is 9.09. The summed E-state index contributed by atoms with van der Waals surface area (Å²) >= 11 is 0.